The van der Waals surface area contributed by atoms with E-state index < -0.39 is 0 Å². The van der Waals surface area contributed by atoms with Crippen molar-refractivity contribution < 1.29 is 13.9 Å². The van der Waals surface area contributed by atoms with Crippen molar-refractivity contribution in [3.8, 4) is 5.75 Å². The first-order valence-electron chi connectivity index (χ1n) is 5.57. The summed E-state index contributed by atoms with van der Waals surface area (Å²) in [6.45, 7) is 1.43. The minimum Gasteiger partial charge on any atom is -0.493 e. The lowest BCUT2D eigenvalue weighted by molar-refractivity contribution is -0.121. The fraction of sp³-hybridized carbons (Fsp3) is 0.417. The first-order valence-corrected chi connectivity index (χ1v) is 5.57. The average molecular weight is 240 g/mol. The predicted octanol–water partition coefficient (Wildman–Crippen LogP) is 1.06. The lowest BCUT2D eigenvalue weighted by Gasteiger charge is -2.06. The van der Waals surface area contributed by atoms with Crippen LogP contribution in [-0.2, 0) is 4.79 Å². The summed E-state index contributed by atoms with van der Waals surface area (Å²) in [6, 6.07) is 5.69. The molecule has 0 aliphatic heterocycles. The van der Waals surface area contributed by atoms with Crippen LogP contribution in [0.15, 0.2) is 24.3 Å². The molecule has 0 heterocycles. The van der Waals surface area contributed by atoms with Gasteiger partial charge in [-0.1, -0.05) is 0 Å². The van der Waals surface area contributed by atoms with Crippen LogP contribution in [0.4, 0.5) is 4.39 Å². The Kier molecular flexibility index (Phi) is 6.03. The summed E-state index contributed by atoms with van der Waals surface area (Å²) in [6.07, 6.45) is 1.05. The second-order valence-electron chi connectivity index (χ2n) is 3.54. The number of amides is 1. The number of rotatable bonds is 7. The van der Waals surface area contributed by atoms with Gasteiger partial charge in [-0.3, -0.25) is 4.79 Å². The predicted molar refractivity (Wildman–Crippen MR) is 63.2 cm³/mol. The highest BCUT2D eigenvalue weighted by Gasteiger charge is 2.01. The van der Waals surface area contributed by atoms with Gasteiger partial charge in [0.25, 0.3) is 0 Å². The van der Waals surface area contributed by atoms with E-state index in [0.29, 0.717) is 18.8 Å². The zero-order chi connectivity index (χ0) is 12.5. The molecular weight excluding hydrogens is 223 g/mol. The van der Waals surface area contributed by atoms with Gasteiger partial charge in [-0.2, -0.15) is 0 Å². The molecule has 0 saturated heterocycles. The molecule has 1 amide bonds. The zero-order valence-electron chi connectivity index (χ0n) is 9.62. The Hall–Kier alpha value is -1.62. The van der Waals surface area contributed by atoms with E-state index in [1.807, 2.05) is 0 Å². The summed E-state index contributed by atoms with van der Waals surface area (Å²) in [5, 5.41) is 2.72. The molecule has 4 nitrogen and oxygen atoms in total. The van der Waals surface area contributed by atoms with Gasteiger partial charge in [0.15, 0.2) is 0 Å². The smallest absolute Gasteiger partial charge is 0.223 e. The Morgan fingerprint density at radius 3 is 2.71 bits per heavy atom. The largest absolute Gasteiger partial charge is 0.493 e. The van der Waals surface area contributed by atoms with Gasteiger partial charge >= 0.3 is 0 Å². The number of nitrogens with two attached hydrogens (primary N) is 1. The van der Waals surface area contributed by atoms with Crippen LogP contribution in [0, 0.1) is 5.82 Å². The van der Waals surface area contributed by atoms with Gasteiger partial charge in [0.1, 0.15) is 11.6 Å². The molecule has 0 aliphatic rings. The third-order valence-electron chi connectivity index (χ3n) is 2.11. The molecule has 1 aromatic rings. The van der Waals surface area contributed by atoms with Gasteiger partial charge in [0.05, 0.1) is 13.0 Å². The maximum atomic E-state index is 12.6. The van der Waals surface area contributed by atoms with Crippen molar-refractivity contribution in [2.24, 2.45) is 5.73 Å². The Morgan fingerprint density at radius 2 is 2.06 bits per heavy atom. The second kappa shape index (κ2) is 7.62. The van der Waals surface area contributed by atoms with E-state index in [4.69, 9.17) is 10.5 Å². The summed E-state index contributed by atoms with van der Waals surface area (Å²) in [5.41, 5.74) is 5.30. The monoisotopic (exact) mass is 240 g/mol. The molecule has 0 radical (unpaired) electrons. The normalized spacial score (nSPS) is 10.0. The molecule has 1 rings (SSSR count). The second-order valence-corrected chi connectivity index (χ2v) is 3.54. The van der Waals surface area contributed by atoms with Gasteiger partial charge in [-0.25, -0.2) is 4.39 Å². The molecule has 0 atom stereocenters. The van der Waals surface area contributed by atoms with Crippen molar-refractivity contribution in [3.05, 3.63) is 30.1 Å². The fourth-order valence-electron chi connectivity index (χ4n) is 1.21. The highest BCUT2D eigenvalue weighted by molar-refractivity contribution is 5.75. The van der Waals surface area contributed by atoms with E-state index in [1.165, 1.54) is 24.3 Å². The van der Waals surface area contributed by atoms with Crippen molar-refractivity contribution in [1.29, 1.82) is 0 Å². The standard InChI is InChI=1S/C12H17FN2O2/c13-10-2-4-11(5-3-10)17-9-6-12(16)15-8-1-7-14/h2-5H,1,6-9,14H2,(H,15,16). The Bertz CT molecular complexity index is 341. The Labute approximate surface area is 100.0 Å². The van der Waals surface area contributed by atoms with Crippen LogP contribution >= 0.6 is 0 Å². The van der Waals surface area contributed by atoms with Crippen molar-refractivity contribution in [2.75, 3.05) is 19.7 Å². The van der Waals surface area contributed by atoms with Crippen LogP contribution in [0.25, 0.3) is 0 Å². The molecule has 0 unspecified atom stereocenters. The fourth-order valence-corrected chi connectivity index (χ4v) is 1.21. The van der Waals surface area contributed by atoms with Crippen LogP contribution in [0.3, 0.4) is 0 Å². The molecule has 0 fully saturated rings. The van der Waals surface area contributed by atoms with Crippen LogP contribution < -0.4 is 15.8 Å². The van der Waals surface area contributed by atoms with E-state index in [0.717, 1.165) is 6.42 Å². The Morgan fingerprint density at radius 1 is 1.35 bits per heavy atom. The zero-order valence-corrected chi connectivity index (χ0v) is 9.62. The third-order valence-corrected chi connectivity index (χ3v) is 2.11. The molecule has 0 spiro atoms. The van der Waals surface area contributed by atoms with Crippen molar-refractivity contribution in [3.63, 3.8) is 0 Å². The Balaban J connectivity index is 2.14. The maximum absolute atomic E-state index is 12.6. The minimum absolute atomic E-state index is 0.0689. The third kappa shape index (κ3) is 5.87. The molecular formula is C12H17FN2O2. The molecule has 0 saturated carbocycles. The van der Waals surface area contributed by atoms with Crippen molar-refractivity contribution in [2.45, 2.75) is 12.8 Å². The van der Waals surface area contributed by atoms with Gasteiger partial charge in [0.2, 0.25) is 5.91 Å². The first kappa shape index (κ1) is 13.4. The van der Waals surface area contributed by atoms with Crippen molar-refractivity contribution in [1.82, 2.24) is 5.32 Å². The molecule has 17 heavy (non-hydrogen) atoms. The van der Waals surface area contributed by atoms with Crippen LogP contribution in [-0.4, -0.2) is 25.6 Å². The van der Waals surface area contributed by atoms with E-state index in [9.17, 15) is 9.18 Å². The van der Waals surface area contributed by atoms with E-state index in [1.54, 1.807) is 0 Å². The molecule has 0 bridgehead atoms. The number of carbonyl (C=O) groups excluding carboxylic acids is 1. The molecule has 1 aromatic carbocycles. The summed E-state index contributed by atoms with van der Waals surface area (Å²) in [5.74, 6) is 0.179. The summed E-state index contributed by atoms with van der Waals surface area (Å²) >= 11 is 0. The molecule has 94 valence electrons. The summed E-state index contributed by atoms with van der Waals surface area (Å²) in [7, 11) is 0. The van der Waals surface area contributed by atoms with Gasteiger partial charge < -0.3 is 15.8 Å². The molecule has 3 N–H and O–H groups in total. The van der Waals surface area contributed by atoms with Crippen LogP contribution in [0.5, 0.6) is 5.75 Å². The number of carbonyl (C=O) groups is 1. The van der Waals surface area contributed by atoms with Gasteiger partial charge in [-0.15, -0.1) is 0 Å². The number of nitrogens with one attached hydrogen (secondary N) is 1. The van der Waals surface area contributed by atoms with Crippen molar-refractivity contribution >= 4 is 5.91 Å². The lowest BCUT2D eigenvalue weighted by atomic mass is 10.3. The average Bonchev–Trinajstić information content (AvgIpc) is 2.32. The summed E-state index contributed by atoms with van der Waals surface area (Å²) in [4.78, 5) is 11.3. The molecule has 0 aromatic heterocycles. The molecule has 0 aliphatic carbocycles. The number of halogens is 1. The molecule has 5 heteroatoms. The first-order chi connectivity index (χ1) is 8.22. The number of hydrogen-bond acceptors (Lipinski definition) is 3. The quantitative estimate of drug-likeness (QED) is 0.700. The number of hydrogen-bond donors (Lipinski definition) is 2. The highest BCUT2D eigenvalue weighted by atomic mass is 19.1. The highest BCUT2D eigenvalue weighted by Crippen LogP contribution is 2.10. The number of benzene rings is 1. The summed E-state index contributed by atoms with van der Waals surface area (Å²) < 4.78 is 17.9. The van der Waals surface area contributed by atoms with E-state index in [-0.39, 0.29) is 24.8 Å². The minimum atomic E-state index is -0.308. The van der Waals surface area contributed by atoms with Crippen LogP contribution in [0.1, 0.15) is 12.8 Å². The number of ether oxygens (including phenoxy) is 1. The lowest BCUT2D eigenvalue weighted by Crippen LogP contribution is -2.27. The van der Waals surface area contributed by atoms with Crippen LogP contribution in [0.2, 0.25) is 0 Å². The van der Waals surface area contributed by atoms with E-state index >= 15 is 0 Å². The van der Waals surface area contributed by atoms with Gasteiger partial charge in [0, 0.05) is 6.54 Å². The maximum Gasteiger partial charge on any atom is 0.223 e. The van der Waals surface area contributed by atoms with E-state index in [2.05, 4.69) is 5.32 Å². The SMILES string of the molecule is NCCCNC(=O)CCOc1ccc(F)cc1. The topological polar surface area (TPSA) is 64.3 Å². The van der Waals surface area contributed by atoms with Gasteiger partial charge in [-0.05, 0) is 37.2 Å².